The molecule has 0 aliphatic heterocycles. The molecule has 1 atom stereocenters. The lowest BCUT2D eigenvalue weighted by molar-refractivity contribution is -0.132. The lowest BCUT2D eigenvalue weighted by atomic mass is 9.93. The normalized spacial score (nSPS) is 24.1. The SMILES string of the molecule is CC(=CC1CC=CCC1)C(=O)O. The lowest BCUT2D eigenvalue weighted by Gasteiger charge is -2.13. The van der Waals surface area contributed by atoms with Gasteiger partial charge in [0.25, 0.3) is 0 Å². The van der Waals surface area contributed by atoms with Crippen molar-refractivity contribution in [3.8, 4) is 0 Å². The van der Waals surface area contributed by atoms with E-state index in [1.807, 2.05) is 6.08 Å². The third-order valence-corrected chi connectivity index (χ3v) is 2.13. The Balaban J connectivity index is 2.54. The number of carboxylic acid groups (broad SMARTS) is 1. The van der Waals surface area contributed by atoms with Crippen molar-refractivity contribution in [2.24, 2.45) is 5.92 Å². The third-order valence-electron chi connectivity index (χ3n) is 2.13. The maximum Gasteiger partial charge on any atom is 0.330 e. The van der Waals surface area contributed by atoms with Gasteiger partial charge in [0.15, 0.2) is 0 Å². The standard InChI is InChI=1S/C10H14O2/c1-8(10(11)12)7-9-5-3-2-4-6-9/h2-3,7,9H,4-6H2,1H3,(H,11,12). The van der Waals surface area contributed by atoms with E-state index in [0.29, 0.717) is 11.5 Å². The van der Waals surface area contributed by atoms with Crippen LogP contribution in [0.1, 0.15) is 26.2 Å². The van der Waals surface area contributed by atoms with Crippen molar-refractivity contribution in [2.75, 3.05) is 0 Å². The molecule has 1 aliphatic rings. The zero-order valence-electron chi connectivity index (χ0n) is 7.29. The van der Waals surface area contributed by atoms with Gasteiger partial charge in [0, 0.05) is 5.57 Å². The Morgan fingerprint density at radius 1 is 1.58 bits per heavy atom. The Bertz CT molecular complexity index is 226. The number of carbonyl (C=O) groups is 1. The Morgan fingerprint density at radius 2 is 2.33 bits per heavy atom. The zero-order chi connectivity index (χ0) is 8.97. The minimum absolute atomic E-state index is 0.436. The van der Waals surface area contributed by atoms with Crippen molar-refractivity contribution in [2.45, 2.75) is 26.2 Å². The van der Waals surface area contributed by atoms with Crippen molar-refractivity contribution in [3.05, 3.63) is 23.8 Å². The summed E-state index contributed by atoms with van der Waals surface area (Å²) in [6, 6.07) is 0. The molecule has 1 rings (SSSR count). The van der Waals surface area contributed by atoms with Crippen LogP contribution in [0.3, 0.4) is 0 Å². The van der Waals surface area contributed by atoms with Crippen LogP contribution in [0.2, 0.25) is 0 Å². The topological polar surface area (TPSA) is 37.3 Å². The van der Waals surface area contributed by atoms with E-state index < -0.39 is 5.97 Å². The van der Waals surface area contributed by atoms with Crippen LogP contribution in [-0.4, -0.2) is 11.1 Å². The Hall–Kier alpha value is -1.05. The quantitative estimate of drug-likeness (QED) is 0.505. The van der Waals surface area contributed by atoms with E-state index in [1.54, 1.807) is 6.92 Å². The predicted molar refractivity (Wildman–Crippen MR) is 47.9 cm³/mol. The van der Waals surface area contributed by atoms with Crippen LogP contribution < -0.4 is 0 Å². The highest BCUT2D eigenvalue weighted by molar-refractivity contribution is 5.85. The highest BCUT2D eigenvalue weighted by Gasteiger charge is 2.09. The van der Waals surface area contributed by atoms with Gasteiger partial charge in [-0.2, -0.15) is 0 Å². The summed E-state index contributed by atoms with van der Waals surface area (Å²) < 4.78 is 0. The zero-order valence-corrected chi connectivity index (χ0v) is 7.29. The van der Waals surface area contributed by atoms with Gasteiger partial charge < -0.3 is 5.11 Å². The van der Waals surface area contributed by atoms with Gasteiger partial charge in [-0.15, -0.1) is 0 Å². The molecular formula is C10H14O2. The minimum Gasteiger partial charge on any atom is -0.478 e. The summed E-state index contributed by atoms with van der Waals surface area (Å²) in [5, 5.41) is 8.63. The largest absolute Gasteiger partial charge is 0.478 e. The molecule has 0 aromatic carbocycles. The fraction of sp³-hybridized carbons (Fsp3) is 0.500. The third kappa shape index (κ3) is 2.53. The molecule has 0 aromatic rings. The van der Waals surface area contributed by atoms with Crippen molar-refractivity contribution >= 4 is 5.97 Å². The van der Waals surface area contributed by atoms with Gasteiger partial charge >= 0.3 is 5.97 Å². The molecule has 0 saturated heterocycles. The molecule has 1 aliphatic carbocycles. The number of rotatable bonds is 2. The van der Waals surface area contributed by atoms with Crippen molar-refractivity contribution < 1.29 is 9.90 Å². The van der Waals surface area contributed by atoms with Gasteiger partial charge in [0.1, 0.15) is 0 Å². The molecule has 1 unspecified atom stereocenters. The first-order chi connectivity index (χ1) is 5.70. The van der Waals surface area contributed by atoms with Crippen LogP contribution in [0.15, 0.2) is 23.8 Å². The summed E-state index contributed by atoms with van der Waals surface area (Å²) >= 11 is 0. The van der Waals surface area contributed by atoms with E-state index in [0.717, 1.165) is 19.3 Å². The van der Waals surface area contributed by atoms with E-state index in [9.17, 15) is 4.79 Å². The maximum absolute atomic E-state index is 10.5. The molecule has 0 heterocycles. The molecule has 0 fully saturated rings. The van der Waals surface area contributed by atoms with Crippen LogP contribution in [-0.2, 0) is 4.79 Å². The predicted octanol–water partition coefficient (Wildman–Crippen LogP) is 2.37. The Kier molecular flexibility index (Phi) is 3.09. The summed E-state index contributed by atoms with van der Waals surface area (Å²) in [7, 11) is 0. The molecule has 12 heavy (non-hydrogen) atoms. The first-order valence-electron chi connectivity index (χ1n) is 4.27. The number of carboxylic acids is 1. The summed E-state index contributed by atoms with van der Waals surface area (Å²) in [4.78, 5) is 10.5. The fourth-order valence-electron chi connectivity index (χ4n) is 1.39. The minimum atomic E-state index is -0.801. The second kappa shape index (κ2) is 4.10. The number of allylic oxidation sites excluding steroid dienone is 3. The molecule has 0 spiro atoms. The smallest absolute Gasteiger partial charge is 0.330 e. The maximum atomic E-state index is 10.5. The molecule has 0 bridgehead atoms. The molecule has 1 N–H and O–H groups in total. The van der Waals surface area contributed by atoms with Gasteiger partial charge in [-0.05, 0) is 32.1 Å². The van der Waals surface area contributed by atoms with Gasteiger partial charge in [-0.25, -0.2) is 4.79 Å². The van der Waals surface area contributed by atoms with Crippen LogP contribution in [0, 0.1) is 5.92 Å². The number of aliphatic carboxylic acids is 1. The van der Waals surface area contributed by atoms with Crippen molar-refractivity contribution in [3.63, 3.8) is 0 Å². The molecule has 2 heteroatoms. The Morgan fingerprint density at radius 3 is 2.83 bits per heavy atom. The highest BCUT2D eigenvalue weighted by Crippen LogP contribution is 2.20. The monoisotopic (exact) mass is 166 g/mol. The number of hydrogen-bond donors (Lipinski definition) is 1. The van der Waals surface area contributed by atoms with Crippen molar-refractivity contribution in [1.82, 2.24) is 0 Å². The van der Waals surface area contributed by atoms with E-state index in [1.165, 1.54) is 0 Å². The van der Waals surface area contributed by atoms with E-state index in [2.05, 4.69) is 12.2 Å². The molecule has 0 aromatic heterocycles. The van der Waals surface area contributed by atoms with E-state index in [-0.39, 0.29) is 0 Å². The lowest BCUT2D eigenvalue weighted by Crippen LogP contribution is -2.03. The molecule has 0 amide bonds. The first kappa shape index (κ1) is 9.04. The number of hydrogen-bond acceptors (Lipinski definition) is 1. The van der Waals surface area contributed by atoms with Gasteiger partial charge in [0.2, 0.25) is 0 Å². The second-order valence-corrected chi connectivity index (χ2v) is 3.20. The van der Waals surface area contributed by atoms with Crippen LogP contribution >= 0.6 is 0 Å². The summed E-state index contributed by atoms with van der Waals surface area (Å²) in [5.74, 6) is -0.365. The molecular weight excluding hydrogens is 152 g/mol. The van der Waals surface area contributed by atoms with Crippen molar-refractivity contribution in [1.29, 1.82) is 0 Å². The van der Waals surface area contributed by atoms with Gasteiger partial charge in [-0.1, -0.05) is 18.2 Å². The summed E-state index contributed by atoms with van der Waals surface area (Å²) in [6.07, 6.45) is 9.30. The highest BCUT2D eigenvalue weighted by atomic mass is 16.4. The summed E-state index contributed by atoms with van der Waals surface area (Å²) in [5.41, 5.74) is 0.468. The second-order valence-electron chi connectivity index (χ2n) is 3.20. The van der Waals surface area contributed by atoms with Crippen LogP contribution in [0.5, 0.6) is 0 Å². The molecule has 0 radical (unpaired) electrons. The average molecular weight is 166 g/mol. The Labute approximate surface area is 72.6 Å². The molecule has 2 nitrogen and oxygen atoms in total. The average Bonchev–Trinajstić information content (AvgIpc) is 2.06. The van der Waals surface area contributed by atoms with Gasteiger partial charge in [0.05, 0.1) is 0 Å². The van der Waals surface area contributed by atoms with Crippen LogP contribution in [0.4, 0.5) is 0 Å². The van der Waals surface area contributed by atoms with E-state index in [4.69, 9.17) is 5.11 Å². The molecule has 66 valence electrons. The summed E-state index contributed by atoms with van der Waals surface area (Å²) in [6.45, 7) is 1.65. The molecule has 0 saturated carbocycles. The van der Waals surface area contributed by atoms with E-state index >= 15 is 0 Å². The fourth-order valence-corrected chi connectivity index (χ4v) is 1.39. The van der Waals surface area contributed by atoms with Gasteiger partial charge in [-0.3, -0.25) is 0 Å². The van der Waals surface area contributed by atoms with Crippen LogP contribution in [0.25, 0.3) is 0 Å². The first-order valence-corrected chi connectivity index (χ1v) is 4.27.